The first-order valence-electron chi connectivity index (χ1n) is 17.6. The van der Waals surface area contributed by atoms with Gasteiger partial charge in [-0.1, -0.05) is 19.9 Å². The summed E-state index contributed by atoms with van der Waals surface area (Å²) >= 11 is 1.55. The number of nitrogens with one attached hydrogen (secondary N) is 1. The lowest BCUT2D eigenvalue weighted by Crippen LogP contribution is -2.17. The predicted octanol–water partition coefficient (Wildman–Crippen LogP) is 6.85. The Bertz CT molecular complexity index is 2150. The fraction of sp³-hybridized carbons (Fsp3) is 0.486. The molecular weight excluding hydrogens is 671 g/mol. The minimum Gasteiger partial charge on any atom is -0.419 e. The number of aromatic nitrogens is 5. The molecule has 5 aromatic heterocycles. The molecule has 0 bridgehead atoms. The summed E-state index contributed by atoms with van der Waals surface area (Å²) < 4.78 is 41.5. The average molecular weight is 714 g/mol. The number of fused-ring (bicyclic) bond motifs is 3. The molecule has 0 amide bonds. The zero-order chi connectivity index (χ0) is 34.6. The van der Waals surface area contributed by atoms with Crippen LogP contribution in [0.1, 0.15) is 80.0 Å². The Morgan fingerprint density at radius 3 is 2.70 bits per heavy atom. The third kappa shape index (κ3) is 6.22. The highest BCUT2D eigenvalue weighted by Gasteiger charge is 2.43. The largest absolute Gasteiger partial charge is 0.419 e. The second-order valence-corrected chi connectivity index (χ2v) is 17.5. The first kappa shape index (κ1) is 33.4. The van der Waals surface area contributed by atoms with Crippen molar-refractivity contribution in [2.75, 3.05) is 38.4 Å². The van der Waals surface area contributed by atoms with Gasteiger partial charge in [-0.2, -0.15) is 0 Å². The standard InChI is InChI=1S/C37H43N7O4S2/c1-21(2)25-20-50(45,46)35-32(29-18-23-11-15-39-36(34(23)49-29)41-27-10-9-26-24(27)6-5-14-38-26)31(37-43-42-30(48-37)19-44(3)4)28(40-33(25)35)8-7-22-12-16-47-17-13-22/h5-6,11,14-15,18,21-22,25,27H,7-10,12-13,16-17,19-20H2,1-4H3,(H,39,41)/t25-,27-/m1/s1. The summed E-state index contributed by atoms with van der Waals surface area (Å²) in [5.41, 5.74) is 5.05. The third-order valence-corrected chi connectivity index (χ3v) is 13.4. The number of nitrogens with zero attached hydrogens (tertiary/aromatic N) is 6. The molecule has 13 heteroatoms. The molecule has 0 unspecified atom stereocenters. The van der Waals surface area contributed by atoms with E-state index in [1.807, 2.05) is 43.5 Å². The van der Waals surface area contributed by atoms with Gasteiger partial charge >= 0.3 is 0 Å². The summed E-state index contributed by atoms with van der Waals surface area (Å²) in [6, 6.07) is 8.29. The fourth-order valence-electron chi connectivity index (χ4n) is 7.74. The van der Waals surface area contributed by atoms with Crippen molar-refractivity contribution < 1.29 is 17.6 Å². The number of pyridine rings is 3. The van der Waals surface area contributed by atoms with Gasteiger partial charge in [-0.15, -0.1) is 21.5 Å². The normalized spacial score (nSPS) is 20.2. The van der Waals surface area contributed by atoms with Gasteiger partial charge in [0.05, 0.1) is 44.9 Å². The van der Waals surface area contributed by atoms with Crippen molar-refractivity contribution in [1.29, 1.82) is 0 Å². The molecule has 3 aliphatic rings. The zero-order valence-corrected chi connectivity index (χ0v) is 30.6. The Balaban J connectivity index is 1.32. The third-order valence-electron chi connectivity index (χ3n) is 10.3. The summed E-state index contributed by atoms with van der Waals surface area (Å²) in [6.07, 6.45) is 9.11. The predicted molar refractivity (Wildman–Crippen MR) is 194 cm³/mol. The second-order valence-electron chi connectivity index (χ2n) is 14.5. The van der Waals surface area contributed by atoms with E-state index in [0.717, 1.165) is 77.5 Å². The summed E-state index contributed by atoms with van der Waals surface area (Å²) in [5, 5.41) is 13.6. The van der Waals surface area contributed by atoms with Crippen molar-refractivity contribution >= 4 is 37.1 Å². The molecule has 0 spiro atoms. The minimum absolute atomic E-state index is 0.0347. The van der Waals surface area contributed by atoms with E-state index in [9.17, 15) is 8.42 Å². The molecule has 8 rings (SSSR count). The van der Waals surface area contributed by atoms with Gasteiger partial charge in [0, 0.05) is 47.7 Å². The highest BCUT2D eigenvalue weighted by molar-refractivity contribution is 7.92. The molecule has 0 radical (unpaired) electrons. The maximum absolute atomic E-state index is 14.3. The van der Waals surface area contributed by atoms with Crippen LogP contribution in [0.4, 0.5) is 5.82 Å². The van der Waals surface area contributed by atoms with E-state index in [4.69, 9.17) is 19.1 Å². The number of sulfone groups is 1. The molecule has 11 nitrogen and oxygen atoms in total. The van der Waals surface area contributed by atoms with Crippen LogP contribution in [0.3, 0.4) is 0 Å². The Hall–Kier alpha value is -3.78. The van der Waals surface area contributed by atoms with Gasteiger partial charge in [0.25, 0.3) is 0 Å². The van der Waals surface area contributed by atoms with E-state index in [0.29, 0.717) is 52.4 Å². The molecule has 1 fully saturated rings. The number of thiophene rings is 1. The first-order chi connectivity index (χ1) is 24.2. The molecular formula is C37H43N7O4S2. The number of rotatable bonds is 10. The molecule has 262 valence electrons. The van der Waals surface area contributed by atoms with Crippen LogP contribution >= 0.6 is 11.3 Å². The number of aryl methyl sites for hydroxylation is 2. The van der Waals surface area contributed by atoms with Gasteiger partial charge in [0.15, 0.2) is 9.84 Å². The van der Waals surface area contributed by atoms with E-state index in [-0.39, 0.29) is 23.6 Å². The molecule has 1 aliphatic carbocycles. The van der Waals surface area contributed by atoms with Crippen molar-refractivity contribution in [1.82, 2.24) is 30.0 Å². The molecule has 2 atom stereocenters. The molecule has 2 aliphatic heterocycles. The summed E-state index contributed by atoms with van der Waals surface area (Å²) in [6.45, 7) is 6.16. The van der Waals surface area contributed by atoms with Gasteiger partial charge in [-0.25, -0.2) is 13.4 Å². The van der Waals surface area contributed by atoms with E-state index in [1.54, 1.807) is 11.3 Å². The van der Waals surface area contributed by atoms with Crippen molar-refractivity contribution in [3.8, 4) is 21.9 Å². The lowest BCUT2D eigenvalue weighted by atomic mass is 9.89. The molecule has 1 N–H and O–H groups in total. The monoisotopic (exact) mass is 713 g/mol. The van der Waals surface area contributed by atoms with Gasteiger partial charge < -0.3 is 19.4 Å². The van der Waals surface area contributed by atoms with Crippen LogP contribution in [0.5, 0.6) is 0 Å². The quantitative estimate of drug-likeness (QED) is 0.163. The van der Waals surface area contributed by atoms with Crippen LogP contribution in [0, 0.1) is 11.8 Å². The topological polar surface area (TPSA) is 136 Å². The molecule has 1 saturated heterocycles. The Labute approximate surface area is 296 Å². The maximum atomic E-state index is 14.3. The fourth-order valence-corrected chi connectivity index (χ4v) is 11.2. The minimum atomic E-state index is -3.68. The van der Waals surface area contributed by atoms with Gasteiger partial charge in [-0.3, -0.25) is 9.97 Å². The molecule has 0 saturated carbocycles. The zero-order valence-electron chi connectivity index (χ0n) is 29.0. The number of anilines is 1. The Kier molecular flexibility index (Phi) is 8.95. The second kappa shape index (κ2) is 13.4. The van der Waals surface area contributed by atoms with Crippen LogP contribution in [0.15, 0.2) is 46.0 Å². The number of hydrogen-bond acceptors (Lipinski definition) is 12. The van der Waals surface area contributed by atoms with Gasteiger partial charge in [0.2, 0.25) is 11.8 Å². The van der Waals surface area contributed by atoms with Crippen molar-refractivity contribution in [3.05, 3.63) is 65.2 Å². The van der Waals surface area contributed by atoms with Crippen LogP contribution < -0.4 is 5.32 Å². The molecule has 5 aromatic rings. The maximum Gasteiger partial charge on any atom is 0.250 e. The molecule has 7 heterocycles. The van der Waals surface area contributed by atoms with Crippen molar-refractivity contribution in [2.45, 2.75) is 75.8 Å². The summed E-state index contributed by atoms with van der Waals surface area (Å²) in [7, 11) is 0.211. The summed E-state index contributed by atoms with van der Waals surface area (Å²) in [5.74, 6) is 1.98. The van der Waals surface area contributed by atoms with E-state index >= 15 is 0 Å². The van der Waals surface area contributed by atoms with Crippen LogP contribution in [0.2, 0.25) is 0 Å². The van der Waals surface area contributed by atoms with Crippen LogP contribution in [0.25, 0.3) is 32.0 Å². The average Bonchev–Trinajstić information content (AvgIpc) is 3.89. The van der Waals surface area contributed by atoms with Gasteiger partial charge in [-0.05, 0) is 93.6 Å². The Morgan fingerprint density at radius 1 is 1.06 bits per heavy atom. The highest BCUT2D eigenvalue weighted by atomic mass is 32.2. The first-order valence-corrected chi connectivity index (χ1v) is 20.1. The highest BCUT2D eigenvalue weighted by Crippen LogP contribution is 2.51. The lowest BCUT2D eigenvalue weighted by molar-refractivity contribution is 0.0639. The molecule has 50 heavy (non-hydrogen) atoms. The number of hydrogen-bond donors (Lipinski definition) is 1. The number of ether oxygens (including phenoxy) is 1. The Morgan fingerprint density at radius 2 is 1.90 bits per heavy atom. The lowest BCUT2D eigenvalue weighted by Gasteiger charge is -2.23. The molecule has 0 aromatic carbocycles. The SMILES string of the molecule is CC(C)[C@H]1CS(=O)(=O)c2c1nc(CCC1CCOCC1)c(-c1nnc(CN(C)C)o1)c2-c1cc2ccnc(N[C@@H]3CCc4ncccc43)c2s1. The smallest absolute Gasteiger partial charge is 0.250 e. The van der Waals surface area contributed by atoms with E-state index < -0.39 is 9.84 Å². The van der Waals surface area contributed by atoms with Crippen LogP contribution in [-0.2, 0) is 34.0 Å². The van der Waals surface area contributed by atoms with Gasteiger partial charge in [0.1, 0.15) is 5.82 Å². The van der Waals surface area contributed by atoms with Crippen LogP contribution in [-0.4, -0.2) is 71.5 Å². The van der Waals surface area contributed by atoms with E-state index in [2.05, 4.69) is 46.5 Å². The van der Waals surface area contributed by atoms with Crippen molar-refractivity contribution in [2.24, 2.45) is 11.8 Å². The summed E-state index contributed by atoms with van der Waals surface area (Å²) in [4.78, 5) is 17.7. The van der Waals surface area contributed by atoms with Crippen molar-refractivity contribution in [3.63, 3.8) is 0 Å². The van der Waals surface area contributed by atoms with E-state index in [1.165, 1.54) is 5.56 Å².